The topological polar surface area (TPSA) is 86.1 Å². The fourth-order valence-corrected chi connectivity index (χ4v) is 2.63. The van der Waals surface area contributed by atoms with Gasteiger partial charge in [-0.3, -0.25) is 14.2 Å². The maximum absolute atomic E-state index is 12.6. The van der Waals surface area contributed by atoms with Crippen LogP contribution in [0, 0.1) is 0 Å². The Morgan fingerprint density at radius 2 is 2.04 bits per heavy atom. The molecule has 0 spiro atoms. The van der Waals surface area contributed by atoms with Crippen LogP contribution < -0.4 is 15.6 Å². The van der Waals surface area contributed by atoms with Gasteiger partial charge in [-0.2, -0.15) is 0 Å². The Labute approximate surface area is 144 Å². The van der Waals surface area contributed by atoms with Crippen molar-refractivity contribution in [3.63, 3.8) is 0 Å². The molecule has 0 saturated heterocycles. The molecular weight excluding hydrogens is 320 g/mol. The maximum atomic E-state index is 12.6. The molecule has 0 aliphatic carbocycles. The summed E-state index contributed by atoms with van der Waals surface area (Å²) >= 11 is 0. The number of carbonyl (C=O) groups is 1. The SMILES string of the molecule is CCn1c(=O)c(C(=O)NCc2ccccc2OC)nc2cccnc21. The number of nitrogens with one attached hydrogen (secondary N) is 1. The number of pyridine rings is 1. The smallest absolute Gasteiger partial charge is 0.283 e. The van der Waals surface area contributed by atoms with Gasteiger partial charge in [-0.25, -0.2) is 9.97 Å². The molecule has 2 heterocycles. The van der Waals surface area contributed by atoms with Crippen LogP contribution in [0.2, 0.25) is 0 Å². The van der Waals surface area contributed by atoms with E-state index in [0.717, 1.165) is 5.56 Å². The number of amides is 1. The number of carbonyl (C=O) groups excluding carboxylic acids is 1. The Kier molecular flexibility index (Phi) is 4.74. The predicted molar refractivity (Wildman–Crippen MR) is 93.6 cm³/mol. The number of ether oxygens (including phenoxy) is 1. The van der Waals surface area contributed by atoms with Crippen LogP contribution in [0.3, 0.4) is 0 Å². The van der Waals surface area contributed by atoms with Crippen LogP contribution in [-0.4, -0.2) is 27.6 Å². The molecular formula is C18H18N4O3. The van der Waals surface area contributed by atoms with Gasteiger partial charge in [0, 0.05) is 24.8 Å². The van der Waals surface area contributed by atoms with Crippen molar-refractivity contribution in [3.8, 4) is 5.75 Å². The van der Waals surface area contributed by atoms with Gasteiger partial charge in [-0.15, -0.1) is 0 Å². The third kappa shape index (κ3) is 3.21. The molecule has 1 N–H and O–H groups in total. The monoisotopic (exact) mass is 338 g/mol. The summed E-state index contributed by atoms with van der Waals surface area (Å²) in [6.45, 7) is 2.47. The van der Waals surface area contributed by atoms with Crippen LogP contribution in [0.4, 0.5) is 0 Å². The van der Waals surface area contributed by atoms with Gasteiger partial charge in [-0.05, 0) is 25.1 Å². The molecule has 0 aliphatic rings. The van der Waals surface area contributed by atoms with Gasteiger partial charge < -0.3 is 10.1 Å². The van der Waals surface area contributed by atoms with Crippen LogP contribution in [0.15, 0.2) is 47.4 Å². The number of para-hydroxylation sites is 1. The first-order valence-corrected chi connectivity index (χ1v) is 7.91. The largest absolute Gasteiger partial charge is 0.496 e. The summed E-state index contributed by atoms with van der Waals surface area (Å²) in [7, 11) is 1.57. The molecule has 3 aromatic rings. The maximum Gasteiger partial charge on any atom is 0.283 e. The van der Waals surface area contributed by atoms with Gasteiger partial charge >= 0.3 is 0 Å². The molecule has 7 heteroatoms. The van der Waals surface area contributed by atoms with E-state index in [1.54, 1.807) is 25.4 Å². The van der Waals surface area contributed by atoms with E-state index in [1.165, 1.54) is 4.57 Å². The highest BCUT2D eigenvalue weighted by atomic mass is 16.5. The highest BCUT2D eigenvalue weighted by Gasteiger charge is 2.17. The van der Waals surface area contributed by atoms with E-state index in [4.69, 9.17) is 4.74 Å². The molecule has 0 radical (unpaired) electrons. The van der Waals surface area contributed by atoms with Gasteiger partial charge in [0.2, 0.25) is 0 Å². The first-order valence-electron chi connectivity index (χ1n) is 7.91. The van der Waals surface area contributed by atoms with Crippen molar-refractivity contribution < 1.29 is 9.53 Å². The van der Waals surface area contributed by atoms with Crippen LogP contribution in [0.1, 0.15) is 23.0 Å². The summed E-state index contributed by atoms with van der Waals surface area (Å²) in [4.78, 5) is 33.4. The van der Waals surface area contributed by atoms with Gasteiger partial charge in [0.15, 0.2) is 11.3 Å². The number of fused-ring (bicyclic) bond motifs is 1. The van der Waals surface area contributed by atoms with E-state index in [1.807, 2.05) is 31.2 Å². The lowest BCUT2D eigenvalue weighted by molar-refractivity contribution is 0.0944. The molecule has 0 saturated carbocycles. The number of methoxy groups -OCH3 is 1. The van der Waals surface area contributed by atoms with Crippen molar-refractivity contribution in [2.45, 2.75) is 20.0 Å². The summed E-state index contributed by atoms with van der Waals surface area (Å²) in [6, 6.07) is 10.8. The third-order valence-corrected chi connectivity index (χ3v) is 3.86. The lowest BCUT2D eigenvalue weighted by Gasteiger charge is -2.11. The molecule has 0 aliphatic heterocycles. The fourth-order valence-electron chi connectivity index (χ4n) is 2.63. The van der Waals surface area contributed by atoms with Crippen molar-refractivity contribution in [1.82, 2.24) is 19.9 Å². The second-order valence-electron chi connectivity index (χ2n) is 5.35. The normalized spacial score (nSPS) is 10.6. The average molecular weight is 338 g/mol. The predicted octanol–water partition coefficient (Wildman–Crippen LogP) is 1.75. The zero-order chi connectivity index (χ0) is 17.8. The van der Waals surface area contributed by atoms with Crippen LogP contribution >= 0.6 is 0 Å². The molecule has 1 amide bonds. The summed E-state index contributed by atoms with van der Waals surface area (Å²) in [5.74, 6) is 0.147. The molecule has 0 fully saturated rings. The number of aromatic nitrogens is 3. The first-order chi connectivity index (χ1) is 12.2. The van der Waals surface area contributed by atoms with E-state index < -0.39 is 11.5 Å². The Morgan fingerprint density at radius 3 is 2.80 bits per heavy atom. The van der Waals surface area contributed by atoms with Gasteiger partial charge in [0.1, 0.15) is 11.3 Å². The minimum Gasteiger partial charge on any atom is -0.496 e. The van der Waals surface area contributed by atoms with Gasteiger partial charge in [-0.1, -0.05) is 18.2 Å². The minimum absolute atomic E-state index is 0.141. The van der Waals surface area contributed by atoms with E-state index in [9.17, 15) is 9.59 Å². The molecule has 128 valence electrons. The standard InChI is InChI=1S/C18H18N4O3/c1-3-22-16-13(8-6-10-19-16)21-15(18(22)24)17(23)20-11-12-7-4-5-9-14(12)25-2/h4-10H,3,11H2,1-2H3,(H,20,23). The Balaban J connectivity index is 1.92. The van der Waals surface area contributed by atoms with Crippen LogP contribution in [0.25, 0.3) is 11.2 Å². The quantitative estimate of drug-likeness (QED) is 0.766. The van der Waals surface area contributed by atoms with Crippen LogP contribution in [-0.2, 0) is 13.1 Å². The Bertz CT molecular complexity index is 981. The first kappa shape index (κ1) is 16.6. The highest BCUT2D eigenvalue weighted by molar-refractivity contribution is 5.93. The zero-order valence-electron chi connectivity index (χ0n) is 14.0. The minimum atomic E-state index is -0.524. The molecule has 0 atom stereocenters. The Hall–Kier alpha value is -3.22. The van der Waals surface area contributed by atoms with Crippen molar-refractivity contribution >= 4 is 17.1 Å². The molecule has 3 rings (SSSR count). The van der Waals surface area contributed by atoms with Crippen molar-refractivity contribution in [1.29, 1.82) is 0 Å². The second-order valence-corrected chi connectivity index (χ2v) is 5.35. The molecule has 7 nitrogen and oxygen atoms in total. The summed E-state index contributed by atoms with van der Waals surface area (Å²) < 4.78 is 6.70. The molecule has 1 aromatic carbocycles. The number of rotatable bonds is 5. The highest BCUT2D eigenvalue weighted by Crippen LogP contribution is 2.16. The number of aryl methyl sites for hydroxylation is 1. The number of nitrogens with zero attached hydrogens (tertiary/aromatic N) is 3. The van der Waals surface area contributed by atoms with Crippen molar-refractivity contribution in [2.24, 2.45) is 0 Å². The lowest BCUT2D eigenvalue weighted by Crippen LogP contribution is -2.34. The van der Waals surface area contributed by atoms with E-state index >= 15 is 0 Å². The molecule has 25 heavy (non-hydrogen) atoms. The van der Waals surface area contributed by atoms with E-state index in [0.29, 0.717) is 23.5 Å². The molecule has 0 unspecified atom stereocenters. The lowest BCUT2D eigenvalue weighted by atomic mass is 10.2. The second kappa shape index (κ2) is 7.12. The van der Waals surface area contributed by atoms with Gasteiger partial charge in [0.05, 0.1) is 7.11 Å². The number of benzene rings is 1. The molecule has 2 aromatic heterocycles. The van der Waals surface area contributed by atoms with Crippen molar-refractivity contribution in [2.75, 3.05) is 7.11 Å². The Morgan fingerprint density at radius 1 is 1.24 bits per heavy atom. The summed E-state index contributed by atoms with van der Waals surface area (Å²) in [5, 5.41) is 2.73. The fraction of sp³-hybridized carbons (Fsp3) is 0.222. The number of hydrogen-bond donors (Lipinski definition) is 1. The third-order valence-electron chi connectivity index (χ3n) is 3.86. The average Bonchev–Trinajstić information content (AvgIpc) is 2.65. The summed E-state index contributed by atoms with van der Waals surface area (Å²) in [5.41, 5.74) is 1.20. The van der Waals surface area contributed by atoms with E-state index in [-0.39, 0.29) is 12.2 Å². The van der Waals surface area contributed by atoms with Gasteiger partial charge in [0.25, 0.3) is 11.5 Å². The summed E-state index contributed by atoms with van der Waals surface area (Å²) in [6.07, 6.45) is 1.59. The number of hydrogen-bond acceptors (Lipinski definition) is 5. The molecule has 0 bridgehead atoms. The van der Waals surface area contributed by atoms with Crippen molar-refractivity contribution in [3.05, 3.63) is 64.2 Å². The zero-order valence-corrected chi connectivity index (χ0v) is 14.0. The van der Waals surface area contributed by atoms with E-state index in [2.05, 4.69) is 15.3 Å². The van der Waals surface area contributed by atoms with Crippen LogP contribution in [0.5, 0.6) is 5.75 Å².